The van der Waals surface area contributed by atoms with Gasteiger partial charge in [-0.25, -0.2) is 4.98 Å². The van der Waals surface area contributed by atoms with Crippen molar-refractivity contribution in [2.45, 2.75) is 26.6 Å². The third-order valence-electron chi connectivity index (χ3n) is 4.59. The fourth-order valence-corrected chi connectivity index (χ4v) is 3.02. The van der Waals surface area contributed by atoms with E-state index in [4.69, 9.17) is 4.42 Å². The molecule has 0 bridgehead atoms. The summed E-state index contributed by atoms with van der Waals surface area (Å²) in [5.41, 5.74) is 0.670. The number of nitrogens with zero attached hydrogens (tertiary/aromatic N) is 4. The Morgan fingerprint density at radius 2 is 1.88 bits per heavy atom. The number of halogens is 3. The Labute approximate surface area is 149 Å². The minimum atomic E-state index is -4.45. The van der Waals surface area contributed by atoms with Gasteiger partial charge in [0, 0.05) is 26.2 Å². The van der Waals surface area contributed by atoms with Gasteiger partial charge in [0.25, 0.3) is 0 Å². The highest BCUT2D eigenvalue weighted by atomic mass is 19.4. The molecule has 1 fully saturated rings. The van der Waals surface area contributed by atoms with Crippen LogP contribution in [0.5, 0.6) is 0 Å². The van der Waals surface area contributed by atoms with E-state index in [1.54, 1.807) is 0 Å². The van der Waals surface area contributed by atoms with Crippen LogP contribution in [-0.4, -0.2) is 36.1 Å². The van der Waals surface area contributed by atoms with Crippen LogP contribution in [0.3, 0.4) is 0 Å². The normalized spacial score (nSPS) is 15.9. The van der Waals surface area contributed by atoms with E-state index >= 15 is 0 Å². The maximum atomic E-state index is 12.8. The summed E-state index contributed by atoms with van der Waals surface area (Å²) in [6.07, 6.45) is -4.45. The molecule has 0 amide bonds. The number of alkyl halides is 3. The molecule has 0 saturated carbocycles. The standard InChI is InChI=1S/C18H19F3N4O/c1-12-13(2)26-17(23-12)11-24-5-7-25(8-6-24)16-4-3-15(18(19,20)21)9-14(16)10-22/h3-4,9H,5-8,11H2,1-2H3. The lowest BCUT2D eigenvalue weighted by Crippen LogP contribution is -2.46. The van der Waals surface area contributed by atoms with Crippen LogP contribution in [0.15, 0.2) is 22.6 Å². The minimum absolute atomic E-state index is 0.0484. The predicted octanol–water partition coefficient (Wildman–Crippen LogP) is 3.50. The first-order valence-corrected chi connectivity index (χ1v) is 8.29. The first-order valence-electron chi connectivity index (χ1n) is 8.29. The minimum Gasteiger partial charge on any atom is -0.444 e. The molecule has 1 saturated heterocycles. The van der Waals surface area contributed by atoms with Crippen molar-refractivity contribution >= 4 is 5.69 Å². The fourth-order valence-electron chi connectivity index (χ4n) is 3.02. The summed E-state index contributed by atoms with van der Waals surface area (Å²) in [5, 5.41) is 9.24. The second-order valence-corrected chi connectivity index (χ2v) is 6.35. The van der Waals surface area contributed by atoms with Gasteiger partial charge in [0.05, 0.1) is 29.1 Å². The average Bonchev–Trinajstić information content (AvgIpc) is 2.91. The van der Waals surface area contributed by atoms with Gasteiger partial charge in [0.15, 0.2) is 0 Å². The van der Waals surface area contributed by atoms with E-state index in [9.17, 15) is 18.4 Å². The number of nitriles is 1. The molecule has 2 heterocycles. The van der Waals surface area contributed by atoms with Crippen molar-refractivity contribution in [1.82, 2.24) is 9.88 Å². The van der Waals surface area contributed by atoms with E-state index in [0.29, 0.717) is 44.3 Å². The summed E-state index contributed by atoms with van der Waals surface area (Å²) in [5.74, 6) is 1.47. The molecule has 0 aliphatic carbocycles. The number of oxazole rings is 1. The van der Waals surface area contributed by atoms with Crippen LogP contribution in [0.1, 0.15) is 28.5 Å². The van der Waals surface area contributed by atoms with Gasteiger partial charge in [-0.05, 0) is 32.0 Å². The number of aryl methyl sites for hydroxylation is 2. The Bertz CT molecular complexity index is 810. The van der Waals surface area contributed by atoms with E-state index in [-0.39, 0.29) is 5.56 Å². The van der Waals surface area contributed by atoms with Crippen LogP contribution in [0.25, 0.3) is 0 Å². The van der Waals surface area contributed by atoms with Crippen LogP contribution >= 0.6 is 0 Å². The number of hydrogen-bond donors (Lipinski definition) is 0. The highest BCUT2D eigenvalue weighted by molar-refractivity contribution is 5.61. The Morgan fingerprint density at radius 1 is 1.19 bits per heavy atom. The first-order chi connectivity index (χ1) is 12.3. The maximum absolute atomic E-state index is 12.8. The summed E-state index contributed by atoms with van der Waals surface area (Å²) in [6.45, 7) is 7.04. The first kappa shape index (κ1) is 18.3. The van der Waals surface area contributed by atoms with Gasteiger partial charge in [-0.1, -0.05) is 0 Å². The van der Waals surface area contributed by atoms with Gasteiger partial charge < -0.3 is 9.32 Å². The molecular formula is C18H19F3N4O. The van der Waals surface area contributed by atoms with E-state index in [1.165, 1.54) is 6.07 Å². The zero-order valence-corrected chi connectivity index (χ0v) is 14.6. The zero-order chi connectivity index (χ0) is 18.9. The molecule has 0 atom stereocenters. The Hall–Kier alpha value is -2.53. The Balaban J connectivity index is 1.67. The summed E-state index contributed by atoms with van der Waals surface area (Å²) in [7, 11) is 0. The molecule has 1 aliphatic heterocycles. The molecule has 0 radical (unpaired) electrons. The second kappa shape index (κ2) is 7.00. The summed E-state index contributed by atoms with van der Waals surface area (Å²) >= 11 is 0. The molecule has 8 heteroatoms. The third kappa shape index (κ3) is 3.83. The van der Waals surface area contributed by atoms with Gasteiger partial charge in [0.1, 0.15) is 11.8 Å². The van der Waals surface area contributed by atoms with Crippen molar-refractivity contribution in [3.63, 3.8) is 0 Å². The van der Waals surface area contributed by atoms with Gasteiger partial charge in [-0.3, -0.25) is 4.90 Å². The van der Waals surface area contributed by atoms with Gasteiger partial charge in [-0.15, -0.1) is 0 Å². The van der Waals surface area contributed by atoms with Crippen molar-refractivity contribution in [3.8, 4) is 6.07 Å². The topological polar surface area (TPSA) is 56.3 Å². The van der Waals surface area contributed by atoms with Crippen LogP contribution in [-0.2, 0) is 12.7 Å². The van der Waals surface area contributed by atoms with Crippen LogP contribution in [0.2, 0.25) is 0 Å². The van der Waals surface area contributed by atoms with Gasteiger partial charge in [-0.2, -0.15) is 18.4 Å². The lowest BCUT2D eigenvalue weighted by atomic mass is 10.1. The van der Waals surface area contributed by atoms with Crippen molar-refractivity contribution in [2.75, 3.05) is 31.1 Å². The summed E-state index contributed by atoms with van der Waals surface area (Å²) in [6, 6.07) is 5.22. The molecule has 138 valence electrons. The maximum Gasteiger partial charge on any atom is 0.416 e. The molecule has 1 aromatic carbocycles. The van der Waals surface area contributed by atoms with Crippen molar-refractivity contribution in [1.29, 1.82) is 5.26 Å². The highest BCUT2D eigenvalue weighted by Gasteiger charge is 2.31. The van der Waals surface area contributed by atoms with E-state index in [1.807, 2.05) is 24.8 Å². The zero-order valence-electron chi connectivity index (χ0n) is 14.6. The number of rotatable bonds is 3. The van der Waals surface area contributed by atoms with Crippen molar-refractivity contribution < 1.29 is 17.6 Å². The number of anilines is 1. The smallest absolute Gasteiger partial charge is 0.416 e. The molecule has 1 aromatic heterocycles. The molecule has 1 aliphatic rings. The number of benzene rings is 1. The predicted molar refractivity (Wildman–Crippen MR) is 89.6 cm³/mol. The molecule has 3 rings (SSSR count). The second-order valence-electron chi connectivity index (χ2n) is 6.35. The number of piperazine rings is 1. The van der Waals surface area contributed by atoms with E-state index in [2.05, 4.69) is 9.88 Å². The van der Waals surface area contributed by atoms with E-state index in [0.717, 1.165) is 23.6 Å². The van der Waals surface area contributed by atoms with Gasteiger partial charge in [0.2, 0.25) is 5.89 Å². The molecule has 0 unspecified atom stereocenters. The van der Waals surface area contributed by atoms with Gasteiger partial charge >= 0.3 is 6.18 Å². The fraction of sp³-hybridized carbons (Fsp3) is 0.444. The largest absolute Gasteiger partial charge is 0.444 e. The lowest BCUT2D eigenvalue weighted by Gasteiger charge is -2.36. The summed E-state index contributed by atoms with van der Waals surface area (Å²) < 4.78 is 44.1. The van der Waals surface area contributed by atoms with Crippen molar-refractivity contribution in [3.05, 3.63) is 46.7 Å². The molecular weight excluding hydrogens is 345 g/mol. The third-order valence-corrected chi connectivity index (χ3v) is 4.59. The average molecular weight is 364 g/mol. The Kier molecular flexibility index (Phi) is 4.92. The highest BCUT2D eigenvalue weighted by Crippen LogP contribution is 2.33. The molecule has 5 nitrogen and oxygen atoms in total. The number of aromatic nitrogens is 1. The summed E-state index contributed by atoms with van der Waals surface area (Å²) in [4.78, 5) is 8.49. The van der Waals surface area contributed by atoms with Crippen LogP contribution < -0.4 is 4.90 Å². The number of hydrogen-bond acceptors (Lipinski definition) is 5. The molecule has 26 heavy (non-hydrogen) atoms. The van der Waals surface area contributed by atoms with E-state index < -0.39 is 11.7 Å². The lowest BCUT2D eigenvalue weighted by molar-refractivity contribution is -0.137. The van der Waals surface area contributed by atoms with Crippen LogP contribution in [0.4, 0.5) is 18.9 Å². The molecule has 0 spiro atoms. The monoisotopic (exact) mass is 364 g/mol. The quantitative estimate of drug-likeness (QED) is 0.834. The molecule has 0 N–H and O–H groups in total. The molecule has 2 aromatic rings. The SMILES string of the molecule is Cc1nc(CN2CCN(c3ccc(C(F)(F)F)cc3C#N)CC2)oc1C. The van der Waals surface area contributed by atoms with Crippen LogP contribution in [0, 0.1) is 25.2 Å². The Morgan fingerprint density at radius 3 is 2.42 bits per heavy atom. The van der Waals surface area contributed by atoms with Crippen molar-refractivity contribution in [2.24, 2.45) is 0 Å².